The van der Waals surface area contributed by atoms with Gasteiger partial charge in [-0.1, -0.05) is 18.2 Å². The molecule has 0 aliphatic carbocycles. The van der Waals surface area contributed by atoms with Gasteiger partial charge in [-0.25, -0.2) is 0 Å². The topological polar surface area (TPSA) is 86.3 Å². The van der Waals surface area contributed by atoms with Crippen LogP contribution in [0.2, 0.25) is 0 Å². The van der Waals surface area contributed by atoms with E-state index in [1.165, 1.54) is 0 Å². The van der Waals surface area contributed by atoms with E-state index in [9.17, 15) is 9.59 Å². The van der Waals surface area contributed by atoms with Crippen LogP contribution in [0.15, 0.2) is 60.7 Å². The number of hydrogen-bond acceptors (Lipinski definition) is 6. The number of ether oxygens (including phenoxy) is 4. The summed E-state index contributed by atoms with van der Waals surface area (Å²) in [6.07, 6.45) is 1.57. The largest absolute Gasteiger partial charge is 0.493 e. The lowest BCUT2D eigenvalue weighted by Crippen LogP contribution is -2.39. The van der Waals surface area contributed by atoms with Gasteiger partial charge in [-0.15, -0.1) is 0 Å². The molecule has 0 saturated carbocycles. The molecule has 2 amide bonds. The van der Waals surface area contributed by atoms with Gasteiger partial charge >= 0.3 is 0 Å². The number of carbonyl (C=O) groups is 2. The first-order valence-electron chi connectivity index (χ1n) is 11.5. The minimum absolute atomic E-state index is 0.00435. The maximum atomic E-state index is 12.8. The Morgan fingerprint density at radius 1 is 0.971 bits per heavy atom. The van der Waals surface area contributed by atoms with Crippen LogP contribution in [0.5, 0.6) is 23.0 Å². The molecule has 180 valence electrons. The molecule has 0 radical (unpaired) electrons. The van der Waals surface area contributed by atoms with Crippen LogP contribution in [-0.4, -0.2) is 38.4 Å². The van der Waals surface area contributed by atoms with Crippen LogP contribution < -0.4 is 29.2 Å². The summed E-state index contributed by atoms with van der Waals surface area (Å²) in [7, 11) is 0. The van der Waals surface area contributed by atoms with E-state index in [0.29, 0.717) is 47.3 Å². The van der Waals surface area contributed by atoms with Gasteiger partial charge in [-0.2, -0.15) is 0 Å². The van der Waals surface area contributed by atoms with Crippen molar-refractivity contribution < 1.29 is 28.5 Å². The fourth-order valence-corrected chi connectivity index (χ4v) is 4.04. The van der Waals surface area contributed by atoms with Crippen LogP contribution in [0.1, 0.15) is 28.8 Å². The molecule has 2 heterocycles. The molecule has 0 bridgehead atoms. The van der Waals surface area contributed by atoms with Crippen LogP contribution in [0.4, 0.5) is 11.4 Å². The summed E-state index contributed by atoms with van der Waals surface area (Å²) in [4.78, 5) is 27.1. The van der Waals surface area contributed by atoms with Crippen molar-refractivity contribution in [3.63, 3.8) is 0 Å². The van der Waals surface area contributed by atoms with Crippen LogP contribution in [0.25, 0.3) is 0 Å². The molecule has 3 aromatic carbocycles. The van der Waals surface area contributed by atoms with Crippen molar-refractivity contribution in [3.05, 3.63) is 71.8 Å². The van der Waals surface area contributed by atoms with Gasteiger partial charge in [-0.05, 0) is 67.8 Å². The Hall–Kier alpha value is -4.20. The highest BCUT2D eigenvalue weighted by Gasteiger charge is 2.26. The number of carbonyl (C=O) groups excluding carboxylic acids is 2. The van der Waals surface area contributed by atoms with Crippen LogP contribution in [0.3, 0.4) is 0 Å². The third-order valence-corrected chi connectivity index (χ3v) is 5.92. The third-order valence-electron chi connectivity index (χ3n) is 5.92. The lowest BCUT2D eigenvalue weighted by atomic mass is 10.1. The number of nitrogens with zero attached hydrogens (tertiary/aromatic N) is 1. The van der Waals surface area contributed by atoms with Crippen molar-refractivity contribution in [1.82, 2.24) is 0 Å². The van der Waals surface area contributed by atoms with Gasteiger partial charge in [0.2, 0.25) is 6.79 Å². The Labute approximate surface area is 203 Å². The molecule has 2 aliphatic rings. The van der Waals surface area contributed by atoms with Crippen molar-refractivity contribution in [2.45, 2.75) is 19.8 Å². The van der Waals surface area contributed by atoms with Crippen molar-refractivity contribution in [1.29, 1.82) is 0 Å². The molecule has 35 heavy (non-hydrogen) atoms. The monoisotopic (exact) mass is 474 g/mol. The molecule has 8 nitrogen and oxygen atoms in total. The first-order valence-corrected chi connectivity index (χ1v) is 11.5. The second-order valence-corrected chi connectivity index (χ2v) is 8.36. The van der Waals surface area contributed by atoms with E-state index in [-0.39, 0.29) is 25.2 Å². The van der Waals surface area contributed by atoms with Gasteiger partial charge in [0.05, 0.1) is 12.3 Å². The number of para-hydroxylation sites is 1. The molecule has 0 unspecified atom stereocenters. The molecule has 0 saturated heterocycles. The highest BCUT2D eigenvalue weighted by molar-refractivity contribution is 6.05. The number of hydrogen-bond donors (Lipinski definition) is 1. The molecule has 0 aromatic heterocycles. The Balaban J connectivity index is 1.21. The van der Waals surface area contributed by atoms with Crippen LogP contribution in [0, 0.1) is 6.92 Å². The summed E-state index contributed by atoms with van der Waals surface area (Å²) < 4.78 is 22.1. The maximum Gasteiger partial charge on any atom is 0.265 e. The first kappa shape index (κ1) is 22.6. The number of amides is 2. The molecule has 2 aliphatic heterocycles. The summed E-state index contributed by atoms with van der Waals surface area (Å²) in [6, 6.07) is 18.2. The molecule has 0 atom stereocenters. The fraction of sp³-hybridized carbons (Fsp3) is 0.259. The minimum atomic E-state index is -0.286. The fourth-order valence-electron chi connectivity index (χ4n) is 4.04. The average Bonchev–Trinajstić information content (AvgIpc) is 3.34. The van der Waals surface area contributed by atoms with Crippen molar-refractivity contribution in [2.75, 3.05) is 36.8 Å². The first-order chi connectivity index (χ1) is 17.1. The number of aryl methyl sites for hydroxylation is 1. The van der Waals surface area contributed by atoms with Crippen LogP contribution in [-0.2, 0) is 4.79 Å². The van der Waals surface area contributed by atoms with E-state index in [0.717, 1.165) is 24.2 Å². The smallest absolute Gasteiger partial charge is 0.265 e. The predicted octanol–water partition coefficient (Wildman–Crippen LogP) is 4.56. The molecule has 5 rings (SSSR count). The zero-order valence-electron chi connectivity index (χ0n) is 19.4. The van der Waals surface area contributed by atoms with Gasteiger partial charge in [0.15, 0.2) is 18.1 Å². The number of nitrogens with one attached hydrogen (secondary N) is 1. The van der Waals surface area contributed by atoms with Crippen molar-refractivity contribution >= 4 is 23.2 Å². The van der Waals surface area contributed by atoms with Gasteiger partial charge in [0.1, 0.15) is 11.5 Å². The lowest BCUT2D eigenvalue weighted by Gasteiger charge is -2.30. The van der Waals surface area contributed by atoms with Gasteiger partial charge in [0.25, 0.3) is 11.8 Å². The maximum absolute atomic E-state index is 12.8. The summed E-state index contributed by atoms with van der Waals surface area (Å²) in [6.45, 7) is 3.26. The Kier molecular flexibility index (Phi) is 6.43. The Morgan fingerprint density at radius 2 is 1.80 bits per heavy atom. The quantitative estimate of drug-likeness (QED) is 0.482. The molecular formula is C27H26N2O6. The van der Waals surface area contributed by atoms with E-state index in [2.05, 4.69) is 5.32 Å². The molecule has 3 aromatic rings. The van der Waals surface area contributed by atoms with Gasteiger partial charge in [-0.3, -0.25) is 9.59 Å². The van der Waals surface area contributed by atoms with Gasteiger partial charge < -0.3 is 29.2 Å². The summed E-state index contributed by atoms with van der Waals surface area (Å²) in [5, 5.41) is 2.89. The highest BCUT2D eigenvalue weighted by atomic mass is 16.7. The molecular weight excluding hydrogens is 448 g/mol. The standard InChI is InChI=1S/C27H26N2O6/c1-18-6-2-3-7-22(18)32-13-5-4-12-29-21-15-20(9-11-23(21)33-16-26(29)30)28-27(31)19-8-10-24-25(14-19)35-17-34-24/h2-3,6-11,14-15H,4-5,12-13,16-17H2,1H3,(H,28,31). The van der Waals surface area contributed by atoms with Crippen LogP contribution >= 0.6 is 0 Å². The van der Waals surface area contributed by atoms with Gasteiger partial charge in [0, 0.05) is 17.8 Å². The summed E-state index contributed by atoms with van der Waals surface area (Å²) in [5.74, 6) is 2.25. The van der Waals surface area contributed by atoms with E-state index >= 15 is 0 Å². The SMILES string of the molecule is Cc1ccccc1OCCCCN1C(=O)COc2ccc(NC(=O)c3ccc4c(c3)OCO4)cc21. The predicted molar refractivity (Wildman–Crippen MR) is 131 cm³/mol. The summed E-state index contributed by atoms with van der Waals surface area (Å²) >= 11 is 0. The Bertz CT molecular complexity index is 1260. The number of fused-ring (bicyclic) bond motifs is 2. The summed E-state index contributed by atoms with van der Waals surface area (Å²) in [5.41, 5.74) is 2.76. The van der Waals surface area contributed by atoms with E-state index in [4.69, 9.17) is 18.9 Å². The molecule has 8 heteroatoms. The number of benzene rings is 3. The lowest BCUT2D eigenvalue weighted by molar-refractivity contribution is -0.121. The minimum Gasteiger partial charge on any atom is -0.493 e. The third kappa shape index (κ3) is 5.01. The average molecular weight is 475 g/mol. The van der Waals surface area contributed by atoms with Crippen molar-refractivity contribution in [2.24, 2.45) is 0 Å². The number of anilines is 2. The zero-order chi connectivity index (χ0) is 24.2. The second kappa shape index (κ2) is 9.97. The zero-order valence-corrected chi connectivity index (χ0v) is 19.4. The number of rotatable bonds is 8. The Morgan fingerprint density at radius 3 is 2.69 bits per heavy atom. The highest BCUT2D eigenvalue weighted by Crippen LogP contribution is 2.36. The molecule has 0 spiro atoms. The van der Waals surface area contributed by atoms with E-state index in [1.807, 2.05) is 31.2 Å². The number of unbranched alkanes of at least 4 members (excludes halogenated alkanes) is 1. The van der Waals surface area contributed by atoms with Crippen molar-refractivity contribution in [3.8, 4) is 23.0 Å². The molecule has 1 N–H and O–H groups in total. The normalized spacial score (nSPS) is 13.7. The molecule has 0 fully saturated rings. The van der Waals surface area contributed by atoms with E-state index in [1.54, 1.807) is 41.3 Å². The van der Waals surface area contributed by atoms with E-state index < -0.39 is 0 Å². The second-order valence-electron chi connectivity index (χ2n) is 8.36.